The molecule has 0 bridgehead atoms. The summed E-state index contributed by atoms with van der Waals surface area (Å²) in [5.74, 6) is 2.02. The highest BCUT2D eigenvalue weighted by atomic mass is 28.3. The number of amides is 1. The number of methoxy groups -OCH3 is 3. The molecule has 33 heavy (non-hydrogen) atoms. The summed E-state index contributed by atoms with van der Waals surface area (Å²) in [4.78, 5) is 12.9. The Labute approximate surface area is 194 Å². The van der Waals surface area contributed by atoms with Crippen molar-refractivity contribution in [1.82, 2.24) is 0 Å². The van der Waals surface area contributed by atoms with Gasteiger partial charge in [0, 0.05) is 18.2 Å². The third-order valence-electron chi connectivity index (χ3n) is 6.12. The van der Waals surface area contributed by atoms with Gasteiger partial charge in [0.25, 0.3) is 11.9 Å². The normalized spacial score (nSPS) is 13.9. The third kappa shape index (κ3) is 4.43. The van der Waals surface area contributed by atoms with Crippen molar-refractivity contribution in [2.75, 3.05) is 26.6 Å². The first kappa shape index (κ1) is 22.8. The fraction of sp³-hybridized carbons (Fsp3) is 0.320. The number of hydrogen-bond donors (Lipinski definition) is 1. The minimum atomic E-state index is -1.34. The Morgan fingerprint density at radius 2 is 1.67 bits per heavy atom. The highest BCUT2D eigenvalue weighted by molar-refractivity contribution is 6.91. The molecule has 0 saturated heterocycles. The molecule has 8 heteroatoms. The molecule has 3 aromatic rings. The average Bonchev–Trinajstić information content (AvgIpc) is 3.38. The van der Waals surface area contributed by atoms with E-state index in [2.05, 4.69) is 30.5 Å². The van der Waals surface area contributed by atoms with Gasteiger partial charge in [-0.15, -0.1) is 0 Å². The number of furan rings is 1. The molecule has 2 aromatic carbocycles. The maximum absolute atomic E-state index is 12.9. The van der Waals surface area contributed by atoms with Gasteiger partial charge in [-0.05, 0) is 42.6 Å². The van der Waals surface area contributed by atoms with Crippen molar-refractivity contribution < 1.29 is 28.2 Å². The molecule has 4 rings (SSSR count). The minimum Gasteiger partial charge on any atom is -0.496 e. The number of fused-ring (bicyclic) bond motifs is 1. The van der Waals surface area contributed by atoms with Crippen LogP contribution in [-0.4, -0.2) is 35.3 Å². The van der Waals surface area contributed by atoms with Crippen molar-refractivity contribution >= 4 is 24.9 Å². The van der Waals surface area contributed by atoms with Gasteiger partial charge in [0.2, 0.25) is 0 Å². The summed E-state index contributed by atoms with van der Waals surface area (Å²) in [6, 6.07) is 12.2. The first-order valence-electron chi connectivity index (χ1n) is 10.8. The Kier molecular flexibility index (Phi) is 6.12. The average molecular weight is 468 g/mol. The number of nitrogens with one attached hydrogen (secondary N) is 1. The zero-order valence-electron chi connectivity index (χ0n) is 19.8. The molecule has 1 N–H and O–H groups in total. The van der Waals surface area contributed by atoms with Crippen molar-refractivity contribution in [3.63, 3.8) is 0 Å². The van der Waals surface area contributed by atoms with Crippen LogP contribution < -0.4 is 29.5 Å². The number of benzene rings is 2. The van der Waals surface area contributed by atoms with Crippen molar-refractivity contribution in [2.45, 2.75) is 32.5 Å². The second-order valence-corrected chi connectivity index (χ2v) is 13.5. The Morgan fingerprint density at radius 1 is 0.970 bits per heavy atom. The number of carbonyl (C=O) groups is 1. The van der Waals surface area contributed by atoms with E-state index in [1.807, 2.05) is 6.92 Å². The predicted molar refractivity (Wildman–Crippen MR) is 130 cm³/mol. The predicted octanol–water partition coefficient (Wildman–Crippen LogP) is 5.13. The molecule has 1 aromatic heterocycles. The topological polar surface area (TPSA) is 79.2 Å². The molecule has 1 aliphatic heterocycles. The van der Waals surface area contributed by atoms with Gasteiger partial charge in [-0.3, -0.25) is 4.79 Å². The van der Waals surface area contributed by atoms with Crippen molar-refractivity contribution in [2.24, 2.45) is 0 Å². The summed E-state index contributed by atoms with van der Waals surface area (Å²) >= 11 is 0. The Hall–Kier alpha value is -3.39. The molecule has 7 nitrogen and oxygen atoms in total. The van der Waals surface area contributed by atoms with Crippen molar-refractivity contribution in [3.8, 4) is 28.9 Å². The molecule has 0 saturated carbocycles. The summed E-state index contributed by atoms with van der Waals surface area (Å²) in [5.41, 5.74) is 2.80. The number of rotatable bonds is 7. The quantitative estimate of drug-likeness (QED) is 0.485. The van der Waals surface area contributed by atoms with Crippen LogP contribution in [0.3, 0.4) is 0 Å². The molecule has 0 spiro atoms. The number of ether oxygens (including phenoxy) is 4. The standard InChI is InChI=1S/C25H29NO6Si/c1-15-11-22-16(9-10-33(22,5)6)12-19(15)32-23-8-7-18(31-23)25(27)26-24-20(29-3)13-17(28-2)14-21(24)30-4/h7-8,11-14H,9-10H2,1-6H3,(H,26,27). The number of hydrogen-bond acceptors (Lipinski definition) is 6. The van der Waals surface area contributed by atoms with E-state index in [-0.39, 0.29) is 11.7 Å². The minimum absolute atomic E-state index is 0.109. The van der Waals surface area contributed by atoms with Crippen LogP contribution in [0.2, 0.25) is 19.1 Å². The van der Waals surface area contributed by atoms with Crippen LogP contribution in [-0.2, 0) is 6.42 Å². The Balaban J connectivity index is 1.54. The van der Waals surface area contributed by atoms with Gasteiger partial charge in [0.05, 0.1) is 29.4 Å². The van der Waals surface area contributed by atoms with E-state index in [9.17, 15) is 4.79 Å². The lowest BCUT2D eigenvalue weighted by atomic mass is 10.1. The second kappa shape index (κ2) is 8.86. The van der Waals surface area contributed by atoms with E-state index in [0.29, 0.717) is 22.9 Å². The summed E-state index contributed by atoms with van der Waals surface area (Å²) in [6.07, 6.45) is 1.09. The SMILES string of the molecule is COc1cc(OC)c(NC(=O)c2ccc(Oc3cc4c(cc3C)[Si](C)(C)CC4)o2)c(OC)c1. The van der Waals surface area contributed by atoms with Gasteiger partial charge < -0.3 is 28.7 Å². The molecule has 0 unspecified atom stereocenters. The number of aryl methyl sites for hydroxylation is 2. The molecule has 0 aliphatic carbocycles. The van der Waals surface area contributed by atoms with E-state index in [1.165, 1.54) is 31.0 Å². The van der Waals surface area contributed by atoms with Gasteiger partial charge in [0.15, 0.2) is 5.76 Å². The van der Waals surface area contributed by atoms with Crippen LogP contribution in [0.4, 0.5) is 5.69 Å². The van der Waals surface area contributed by atoms with Crippen LogP contribution in [0.15, 0.2) is 40.8 Å². The molecule has 1 amide bonds. The number of carbonyl (C=O) groups excluding carboxylic acids is 1. The van der Waals surface area contributed by atoms with Crippen LogP contribution >= 0.6 is 0 Å². The van der Waals surface area contributed by atoms with E-state index >= 15 is 0 Å². The van der Waals surface area contributed by atoms with Gasteiger partial charge in [-0.1, -0.05) is 24.3 Å². The largest absolute Gasteiger partial charge is 0.496 e. The molecular formula is C25H29NO6Si. The van der Waals surface area contributed by atoms with Crippen LogP contribution in [0, 0.1) is 6.92 Å². The lowest BCUT2D eigenvalue weighted by Gasteiger charge is -2.17. The van der Waals surface area contributed by atoms with Gasteiger partial charge in [-0.25, -0.2) is 0 Å². The molecule has 0 fully saturated rings. The van der Waals surface area contributed by atoms with Crippen molar-refractivity contribution in [3.05, 3.63) is 53.3 Å². The van der Waals surface area contributed by atoms with Gasteiger partial charge >= 0.3 is 0 Å². The first-order chi connectivity index (χ1) is 15.7. The molecule has 0 radical (unpaired) electrons. The molecule has 1 aliphatic rings. The maximum atomic E-state index is 12.9. The van der Waals surface area contributed by atoms with Gasteiger partial charge in [-0.2, -0.15) is 0 Å². The zero-order valence-corrected chi connectivity index (χ0v) is 20.8. The van der Waals surface area contributed by atoms with Crippen LogP contribution in [0.1, 0.15) is 21.7 Å². The van der Waals surface area contributed by atoms with E-state index < -0.39 is 14.0 Å². The molecule has 0 atom stereocenters. The fourth-order valence-corrected chi connectivity index (χ4v) is 7.01. The lowest BCUT2D eigenvalue weighted by Crippen LogP contribution is -2.37. The summed E-state index contributed by atoms with van der Waals surface area (Å²) < 4.78 is 27.7. The van der Waals surface area contributed by atoms with Crippen LogP contribution in [0.5, 0.6) is 28.9 Å². The third-order valence-corrected chi connectivity index (χ3v) is 9.54. The molecule has 174 valence electrons. The van der Waals surface area contributed by atoms with E-state index in [4.69, 9.17) is 23.4 Å². The lowest BCUT2D eigenvalue weighted by molar-refractivity contribution is 0.0991. The van der Waals surface area contributed by atoms with Crippen molar-refractivity contribution in [1.29, 1.82) is 0 Å². The monoisotopic (exact) mass is 467 g/mol. The first-order valence-corrected chi connectivity index (χ1v) is 14.0. The number of anilines is 1. The fourth-order valence-electron chi connectivity index (χ4n) is 4.17. The van der Waals surface area contributed by atoms with E-state index in [1.54, 1.807) is 31.4 Å². The zero-order chi connectivity index (χ0) is 23.8. The highest BCUT2D eigenvalue weighted by Crippen LogP contribution is 2.39. The summed E-state index contributed by atoms with van der Waals surface area (Å²) in [7, 11) is 3.22. The smallest absolute Gasteiger partial charge is 0.291 e. The summed E-state index contributed by atoms with van der Waals surface area (Å²) in [6.45, 7) is 6.85. The Morgan fingerprint density at radius 3 is 2.30 bits per heavy atom. The second-order valence-electron chi connectivity index (χ2n) is 8.74. The maximum Gasteiger partial charge on any atom is 0.291 e. The summed E-state index contributed by atoms with van der Waals surface area (Å²) in [5, 5.41) is 4.30. The Bertz CT molecular complexity index is 1170. The highest BCUT2D eigenvalue weighted by Gasteiger charge is 2.32. The molecule has 2 heterocycles. The van der Waals surface area contributed by atoms with Crippen LogP contribution in [0.25, 0.3) is 0 Å². The van der Waals surface area contributed by atoms with Gasteiger partial charge in [0.1, 0.15) is 28.7 Å². The van der Waals surface area contributed by atoms with E-state index in [0.717, 1.165) is 17.7 Å². The molecular weight excluding hydrogens is 438 g/mol.